The quantitative estimate of drug-likeness (QED) is 0.125. The summed E-state index contributed by atoms with van der Waals surface area (Å²) in [5.41, 5.74) is 8.50. The minimum absolute atomic E-state index is 0.102. The lowest BCUT2D eigenvalue weighted by Gasteiger charge is -2.34. The van der Waals surface area contributed by atoms with Gasteiger partial charge in [0.2, 0.25) is 20.0 Å². The molecule has 0 saturated carbocycles. The van der Waals surface area contributed by atoms with E-state index in [1.165, 1.54) is 49.6 Å². The van der Waals surface area contributed by atoms with Gasteiger partial charge in [0.05, 0.1) is 23.5 Å². The number of rotatable bonds is 11. The Balaban J connectivity index is 0.000000187. The van der Waals surface area contributed by atoms with Gasteiger partial charge in [-0.05, 0) is 79.4 Å². The van der Waals surface area contributed by atoms with E-state index in [0.717, 1.165) is 39.0 Å². The molecular formula is C44H47BrCl2N6O5S4. The lowest BCUT2D eigenvalue weighted by atomic mass is 9.96. The van der Waals surface area contributed by atoms with Gasteiger partial charge in [0.15, 0.2) is 10.3 Å². The molecule has 18 heteroatoms. The summed E-state index contributed by atoms with van der Waals surface area (Å²) in [6.07, 6.45) is 1.60. The topological polar surface area (TPSA) is 116 Å². The Kier molecular flexibility index (Phi) is 15.0. The van der Waals surface area contributed by atoms with Crippen LogP contribution in [0, 0.1) is 20.8 Å². The van der Waals surface area contributed by atoms with E-state index >= 15 is 0 Å². The summed E-state index contributed by atoms with van der Waals surface area (Å²) in [6, 6.07) is 24.2. The van der Waals surface area contributed by atoms with E-state index in [1.807, 2.05) is 18.2 Å². The molecule has 328 valence electrons. The van der Waals surface area contributed by atoms with Crippen molar-refractivity contribution in [3.63, 3.8) is 0 Å². The molecule has 0 atom stereocenters. The van der Waals surface area contributed by atoms with E-state index in [9.17, 15) is 16.8 Å². The fourth-order valence-electron chi connectivity index (χ4n) is 7.57. The van der Waals surface area contributed by atoms with Gasteiger partial charge in [0, 0.05) is 85.5 Å². The first kappa shape index (κ1) is 46.4. The van der Waals surface area contributed by atoms with Crippen molar-refractivity contribution in [2.45, 2.75) is 43.4 Å². The number of sulfonamides is 2. The summed E-state index contributed by atoms with van der Waals surface area (Å²) in [7, 11) is -5.86. The monoisotopic (exact) mass is 1020 g/mol. The zero-order valence-electron chi connectivity index (χ0n) is 34.7. The molecule has 0 aliphatic carbocycles. The Morgan fingerprint density at radius 1 is 0.661 bits per heavy atom. The van der Waals surface area contributed by atoms with E-state index in [4.69, 9.17) is 37.9 Å². The molecule has 2 aliphatic rings. The number of aryl methyl sites for hydroxylation is 3. The van der Waals surface area contributed by atoms with E-state index < -0.39 is 20.0 Å². The summed E-state index contributed by atoms with van der Waals surface area (Å²) in [6.45, 7) is 10.4. The van der Waals surface area contributed by atoms with Crippen molar-refractivity contribution in [3.05, 3.63) is 143 Å². The van der Waals surface area contributed by atoms with E-state index in [1.54, 1.807) is 53.0 Å². The molecule has 0 radical (unpaired) electrons. The highest BCUT2D eigenvalue weighted by atomic mass is 79.9. The number of anilines is 2. The number of hydrogen-bond donors (Lipinski definition) is 0. The largest absolute Gasteiger partial charge is 0.495 e. The maximum absolute atomic E-state index is 13.1. The molecule has 0 N–H and O–H groups in total. The molecule has 4 aromatic carbocycles. The van der Waals surface area contributed by atoms with Gasteiger partial charge in [0.1, 0.15) is 15.5 Å². The number of aromatic nitrogens is 2. The predicted octanol–water partition coefficient (Wildman–Crippen LogP) is 9.49. The second kappa shape index (κ2) is 20.1. The lowest BCUT2D eigenvalue weighted by molar-refractivity contribution is 0.374. The van der Waals surface area contributed by atoms with Crippen LogP contribution in [0.15, 0.2) is 104 Å². The highest BCUT2D eigenvalue weighted by Crippen LogP contribution is 2.33. The molecule has 8 rings (SSSR count). The van der Waals surface area contributed by atoms with Gasteiger partial charge in [-0.2, -0.15) is 8.61 Å². The van der Waals surface area contributed by atoms with Crippen LogP contribution in [-0.2, 0) is 32.9 Å². The van der Waals surface area contributed by atoms with E-state index in [-0.39, 0.29) is 14.8 Å². The summed E-state index contributed by atoms with van der Waals surface area (Å²) < 4.78 is 61.3. The highest BCUT2D eigenvalue weighted by Gasteiger charge is 2.33. The van der Waals surface area contributed by atoms with Crippen LogP contribution in [0.4, 0.5) is 10.3 Å². The fourth-order valence-corrected chi connectivity index (χ4v) is 13.6. The second-order valence-electron chi connectivity index (χ2n) is 15.1. The molecule has 11 nitrogen and oxygen atoms in total. The maximum atomic E-state index is 13.1. The summed E-state index contributed by atoms with van der Waals surface area (Å²) in [5.74, 6) is 0.298. The van der Waals surface area contributed by atoms with E-state index in [2.05, 4.69) is 81.5 Å². The zero-order chi connectivity index (χ0) is 44.2. The second-order valence-corrected chi connectivity index (χ2v) is 22.4. The number of halogens is 3. The van der Waals surface area contributed by atoms with Crippen LogP contribution in [0.1, 0.15) is 39.2 Å². The number of methoxy groups -OCH3 is 1. The SMILES string of the molecule is COc1ccc(Cl)cc1S(=O)(=O)N1CCN(c2nc(Cc3ccccc3)cs2)CC1.Cc1cc(C)c(Cc2csc(N3CCN(S(=O)(=O)c4ccc(Br)cc4Cl)CC3)n2)c(C)c1. The maximum Gasteiger partial charge on any atom is 0.246 e. The average molecular weight is 1020 g/mol. The number of thiazole rings is 2. The van der Waals surface area contributed by atoms with Crippen LogP contribution < -0.4 is 14.5 Å². The summed E-state index contributed by atoms with van der Waals surface area (Å²) in [5, 5.41) is 6.65. The lowest BCUT2D eigenvalue weighted by Crippen LogP contribution is -2.48. The molecule has 0 bridgehead atoms. The number of hydrogen-bond acceptors (Lipinski definition) is 11. The van der Waals surface area contributed by atoms with Crippen molar-refractivity contribution >= 4 is 92.1 Å². The first-order chi connectivity index (χ1) is 29.6. The number of ether oxygens (including phenoxy) is 1. The minimum atomic E-state index is -3.69. The first-order valence-corrected chi connectivity index (χ1v) is 26.1. The van der Waals surface area contributed by atoms with Crippen molar-refractivity contribution in [2.75, 3.05) is 69.3 Å². The van der Waals surface area contributed by atoms with Gasteiger partial charge in [-0.3, -0.25) is 0 Å². The molecule has 2 fully saturated rings. The van der Waals surface area contributed by atoms with Crippen LogP contribution in [-0.4, -0.2) is 94.9 Å². The predicted molar refractivity (Wildman–Crippen MR) is 256 cm³/mol. The Morgan fingerprint density at radius 2 is 1.19 bits per heavy atom. The Morgan fingerprint density at radius 3 is 1.73 bits per heavy atom. The number of piperazine rings is 2. The third-order valence-electron chi connectivity index (χ3n) is 10.8. The van der Waals surface area contributed by atoms with Gasteiger partial charge < -0.3 is 14.5 Å². The van der Waals surface area contributed by atoms with Crippen molar-refractivity contribution in [1.82, 2.24) is 18.6 Å². The summed E-state index contributed by atoms with van der Waals surface area (Å²) in [4.78, 5) is 14.2. The van der Waals surface area contributed by atoms with Gasteiger partial charge in [-0.1, -0.05) is 87.2 Å². The molecule has 0 spiro atoms. The smallest absolute Gasteiger partial charge is 0.246 e. The molecule has 0 unspecified atom stereocenters. The third kappa shape index (κ3) is 10.8. The summed E-state index contributed by atoms with van der Waals surface area (Å²) >= 11 is 18.8. The van der Waals surface area contributed by atoms with Gasteiger partial charge in [0.25, 0.3) is 0 Å². The van der Waals surface area contributed by atoms with Crippen molar-refractivity contribution < 1.29 is 21.6 Å². The standard InChI is InChI=1S/C23H25BrClN3O2S2.C21H22ClN3O3S2/c1-15-10-16(2)20(17(3)11-15)13-19-14-31-23(26-19)27-6-8-28(9-7-27)32(29,30)22-5-4-18(24)12-21(22)25;1-28-19-8-7-17(22)14-20(19)30(26,27)25-11-9-24(10-12-25)21-23-18(15-29-21)13-16-5-3-2-4-6-16/h4-5,10-12,14H,6-9,13H2,1-3H3;2-8,14-15H,9-13H2,1H3. The first-order valence-electron chi connectivity index (χ1n) is 19.9. The normalized spacial score (nSPS) is 15.3. The Bertz CT molecular complexity index is 2720. The van der Waals surface area contributed by atoms with Crippen molar-refractivity contribution in [3.8, 4) is 5.75 Å². The van der Waals surface area contributed by atoms with Crippen molar-refractivity contribution in [1.29, 1.82) is 0 Å². The Labute approximate surface area is 391 Å². The molecule has 2 aromatic heterocycles. The molecule has 2 saturated heterocycles. The van der Waals surface area contributed by atoms with Crippen LogP contribution in [0.25, 0.3) is 0 Å². The van der Waals surface area contributed by atoms with Gasteiger partial charge in [-0.15, -0.1) is 22.7 Å². The molecule has 6 aromatic rings. The fraction of sp³-hybridized carbons (Fsp3) is 0.318. The number of benzene rings is 4. The molecule has 0 amide bonds. The molecule has 62 heavy (non-hydrogen) atoms. The van der Waals surface area contributed by atoms with Crippen LogP contribution in [0.3, 0.4) is 0 Å². The Hall–Kier alpha value is -3.58. The van der Waals surface area contributed by atoms with Crippen LogP contribution >= 0.6 is 61.8 Å². The molecular weight excluding hydrogens is 972 g/mol. The van der Waals surface area contributed by atoms with Crippen molar-refractivity contribution in [2.24, 2.45) is 0 Å². The molecule has 2 aliphatic heterocycles. The minimum Gasteiger partial charge on any atom is -0.495 e. The highest BCUT2D eigenvalue weighted by molar-refractivity contribution is 9.10. The average Bonchev–Trinajstić information content (AvgIpc) is 3.93. The van der Waals surface area contributed by atoms with Gasteiger partial charge in [-0.25, -0.2) is 26.8 Å². The number of nitrogens with zero attached hydrogens (tertiary/aromatic N) is 6. The molecule has 4 heterocycles. The van der Waals surface area contributed by atoms with Crippen LogP contribution in [0.5, 0.6) is 5.75 Å². The van der Waals surface area contributed by atoms with Gasteiger partial charge >= 0.3 is 0 Å². The van der Waals surface area contributed by atoms with E-state index in [0.29, 0.717) is 63.1 Å². The zero-order valence-corrected chi connectivity index (χ0v) is 41.1. The van der Waals surface area contributed by atoms with Crippen LogP contribution in [0.2, 0.25) is 10.0 Å². The third-order valence-corrected chi connectivity index (χ3v) is 17.7.